The van der Waals surface area contributed by atoms with Crippen LogP contribution in [0.3, 0.4) is 0 Å². The molecule has 0 aliphatic carbocycles. The number of aryl methyl sites for hydroxylation is 2. The normalized spacial score (nSPS) is 10.9. The molecule has 6 heteroatoms. The summed E-state index contributed by atoms with van der Waals surface area (Å²) in [7, 11) is 0. The number of fused-ring (bicyclic) bond motifs is 1. The predicted molar refractivity (Wildman–Crippen MR) is 95.6 cm³/mol. The van der Waals surface area contributed by atoms with E-state index in [0.29, 0.717) is 10.6 Å². The van der Waals surface area contributed by atoms with Gasteiger partial charge in [0.2, 0.25) is 0 Å². The Morgan fingerprint density at radius 1 is 1.27 bits per heavy atom. The number of nitrogens with one attached hydrogen (secondary N) is 1. The molecule has 0 spiro atoms. The Kier molecular flexibility index (Phi) is 3.88. The van der Waals surface area contributed by atoms with Crippen LogP contribution in [0.1, 0.15) is 20.9 Å². The number of nitrogens with two attached hydrogens (primary N) is 1. The van der Waals surface area contributed by atoms with E-state index in [1.54, 1.807) is 0 Å². The summed E-state index contributed by atoms with van der Waals surface area (Å²) in [5.74, 6) is -0.208. The molecule has 0 saturated heterocycles. The fourth-order valence-electron chi connectivity index (χ4n) is 2.36. The van der Waals surface area contributed by atoms with Crippen LogP contribution in [-0.4, -0.2) is 10.9 Å². The van der Waals surface area contributed by atoms with Gasteiger partial charge in [0, 0.05) is 21.2 Å². The number of carbonyl (C=O) groups is 1. The average Bonchev–Trinajstić information content (AvgIpc) is 2.78. The number of benzene rings is 1. The molecule has 0 aliphatic heterocycles. The van der Waals surface area contributed by atoms with Crippen molar-refractivity contribution < 1.29 is 4.79 Å². The van der Waals surface area contributed by atoms with E-state index in [2.05, 4.69) is 26.2 Å². The van der Waals surface area contributed by atoms with Crippen LogP contribution in [0.4, 0.5) is 11.4 Å². The third kappa shape index (κ3) is 2.71. The summed E-state index contributed by atoms with van der Waals surface area (Å²) in [6, 6.07) is 9.39. The number of rotatable bonds is 2. The molecule has 0 radical (unpaired) electrons. The van der Waals surface area contributed by atoms with Crippen molar-refractivity contribution in [3.63, 3.8) is 0 Å². The van der Waals surface area contributed by atoms with Crippen LogP contribution in [0.25, 0.3) is 10.2 Å². The van der Waals surface area contributed by atoms with Crippen molar-refractivity contribution in [2.45, 2.75) is 13.8 Å². The van der Waals surface area contributed by atoms with Gasteiger partial charge >= 0.3 is 0 Å². The van der Waals surface area contributed by atoms with Gasteiger partial charge in [-0.1, -0.05) is 15.9 Å². The summed E-state index contributed by atoms with van der Waals surface area (Å²) >= 11 is 4.69. The van der Waals surface area contributed by atoms with Crippen LogP contribution < -0.4 is 11.1 Å². The second-order valence-electron chi connectivity index (χ2n) is 5.07. The lowest BCUT2D eigenvalue weighted by Gasteiger charge is -2.04. The molecule has 2 aromatic heterocycles. The van der Waals surface area contributed by atoms with Crippen molar-refractivity contribution in [3.05, 3.63) is 50.9 Å². The van der Waals surface area contributed by atoms with Gasteiger partial charge in [-0.25, -0.2) is 4.98 Å². The van der Waals surface area contributed by atoms with Crippen LogP contribution in [-0.2, 0) is 0 Å². The summed E-state index contributed by atoms with van der Waals surface area (Å²) in [6.45, 7) is 3.92. The first kappa shape index (κ1) is 15.0. The van der Waals surface area contributed by atoms with Crippen molar-refractivity contribution in [2.24, 2.45) is 0 Å². The summed E-state index contributed by atoms with van der Waals surface area (Å²) in [6.07, 6.45) is 0. The van der Waals surface area contributed by atoms with Gasteiger partial charge in [-0.05, 0) is 49.7 Å². The molecule has 0 fully saturated rings. The van der Waals surface area contributed by atoms with E-state index in [-0.39, 0.29) is 5.91 Å². The van der Waals surface area contributed by atoms with Gasteiger partial charge < -0.3 is 11.1 Å². The molecule has 0 aliphatic rings. The molecule has 0 bridgehead atoms. The maximum atomic E-state index is 12.5. The SMILES string of the molecule is Cc1cc(C)c2c(N)c(C(=O)Nc3ccc(Br)cc3)sc2n1. The highest BCUT2D eigenvalue weighted by atomic mass is 79.9. The molecular formula is C16H14BrN3OS. The topological polar surface area (TPSA) is 68.0 Å². The number of amides is 1. The maximum Gasteiger partial charge on any atom is 0.267 e. The zero-order valence-electron chi connectivity index (χ0n) is 12.1. The minimum atomic E-state index is -0.208. The summed E-state index contributed by atoms with van der Waals surface area (Å²) in [4.78, 5) is 18.2. The highest BCUT2D eigenvalue weighted by Crippen LogP contribution is 2.35. The van der Waals surface area contributed by atoms with Crippen LogP contribution in [0.2, 0.25) is 0 Å². The summed E-state index contributed by atoms with van der Waals surface area (Å²) < 4.78 is 0.960. The van der Waals surface area contributed by atoms with Gasteiger partial charge in [-0.3, -0.25) is 4.79 Å². The molecule has 3 N–H and O–H groups in total. The van der Waals surface area contributed by atoms with Crippen molar-refractivity contribution in [2.75, 3.05) is 11.1 Å². The first-order valence-corrected chi connectivity index (χ1v) is 8.30. The highest BCUT2D eigenvalue weighted by molar-refractivity contribution is 9.10. The Morgan fingerprint density at radius 3 is 2.64 bits per heavy atom. The third-order valence-electron chi connectivity index (χ3n) is 3.33. The average molecular weight is 376 g/mol. The van der Waals surface area contributed by atoms with E-state index in [1.807, 2.05) is 44.2 Å². The van der Waals surface area contributed by atoms with E-state index in [4.69, 9.17) is 5.73 Å². The zero-order valence-corrected chi connectivity index (χ0v) is 14.5. The number of aromatic nitrogens is 1. The Balaban J connectivity index is 1.99. The molecular weight excluding hydrogens is 362 g/mol. The zero-order chi connectivity index (χ0) is 15.9. The molecule has 1 aromatic carbocycles. The number of nitrogens with zero attached hydrogens (tertiary/aromatic N) is 1. The fourth-order valence-corrected chi connectivity index (χ4v) is 3.73. The Hall–Kier alpha value is -1.92. The number of hydrogen-bond donors (Lipinski definition) is 2. The lowest BCUT2D eigenvalue weighted by molar-refractivity contribution is 0.103. The number of halogens is 1. The quantitative estimate of drug-likeness (QED) is 0.692. The summed E-state index contributed by atoms with van der Waals surface area (Å²) in [5, 5.41) is 3.74. The molecule has 0 atom stereocenters. The molecule has 3 aromatic rings. The standard InChI is InChI=1S/C16H14BrN3OS/c1-8-7-9(2)19-16-12(8)13(18)14(22-16)15(21)20-11-5-3-10(17)4-6-11/h3-7H,18H2,1-2H3,(H,20,21). The van der Waals surface area contributed by atoms with E-state index >= 15 is 0 Å². The van der Waals surface area contributed by atoms with E-state index in [9.17, 15) is 4.79 Å². The largest absolute Gasteiger partial charge is 0.397 e. The molecule has 22 heavy (non-hydrogen) atoms. The van der Waals surface area contributed by atoms with Crippen molar-refractivity contribution in [1.29, 1.82) is 0 Å². The summed E-state index contributed by atoms with van der Waals surface area (Å²) in [5.41, 5.74) is 9.36. The molecule has 0 unspecified atom stereocenters. The first-order chi connectivity index (χ1) is 10.5. The Labute approximate surface area is 140 Å². The van der Waals surface area contributed by atoms with Gasteiger partial charge in [-0.15, -0.1) is 11.3 Å². The molecule has 112 valence electrons. The number of anilines is 2. The number of hydrogen-bond acceptors (Lipinski definition) is 4. The van der Waals surface area contributed by atoms with Crippen LogP contribution in [0.5, 0.6) is 0 Å². The molecule has 2 heterocycles. The van der Waals surface area contributed by atoms with E-state index < -0.39 is 0 Å². The Morgan fingerprint density at radius 2 is 1.95 bits per heavy atom. The van der Waals surface area contributed by atoms with Crippen molar-refractivity contribution in [3.8, 4) is 0 Å². The number of pyridine rings is 1. The lowest BCUT2D eigenvalue weighted by atomic mass is 10.1. The number of nitrogen functional groups attached to an aromatic ring is 1. The van der Waals surface area contributed by atoms with Crippen molar-refractivity contribution >= 4 is 54.8 Å². The van der Waals surface area contributed by atoms with Gasteiger partial charge in [-0.2, -0.15) is 0 Å². The second-order valence-corrected chi connectivity index (χ2v) is 6.98. The monoisotopic (exact) mass is 375 g/mol. The number of thiophene rings is 1. The molecule has 4 nitrogen and oxygen atoms in total. The van der Waals surface area contributed by atoms with Gasteiger partial charge in [0.05, 0.1) is 5.69 Å². The second kappa shape index (κ2) is 5.70. The lowest BCUT2D eigenvalue weighted by Crippen LogP contribution is -2.11. The van der Waals surface area contributed by atoms with Crippen molar-refractivity contribution in [1.82, 2.24) is 4.98 Å². The molecule has 0 saturated carbocycles. The predicted octanol–water partition coefficient (Wildman–Crippen LogP) is 4.51. The maximum absolute atomic E-state index is 12.5. The Bertz CT molecular complexity index is 871. The third-order valence-corrected chi connectivity index (χ3v) is 4.96. The first-order valence-electron chi connectivity index (χ1n) is 6.69. The highest BCUT2D eigenvalue weighted by Gasteiger charge is 2.19. The van der Waals surface area contributed by atoms with Gasteiger partial charge in [0.25, 0.3) is 5.91 Å². The number of carbonyl (C=O) groups excluding carboxylic acids is 1. The van der Waals surface area contributed by atoms with Crippen LogP contribution in [0, 0.1) is 13.8 Å². The van der Waals surface area contributed by atoms with Gasteiger partial charge in [0.1, 0.15) is 9.71 Å². The minimum Gasteiger partial charge on any atom is -0.397 e. The van der Waals surface area contributed by atoms with Crippen LogP contribution in [0.15, 0.2) is 34.8 Å². The van der Waals surface area contributed by atoms with E-state index in [0.717, 1.165) is 31.6 Å². The van der Waals surface area contributed by atoms with Crippen LogP contribution >= 0.6 is 27.3 Å². The molecule has 1 amide bonds. The molecule has 3 rings (SSSR count). The minimum absolute atomic E-state index is 0.208. The van der Waals surface area contributed by atoms with Gasteiger partial charge in [0.15, 0.2) is 0 Å². The van der Waals surface area contributed by atoms with E-state index in [1.165, 1.54) is 11.3 Å². The fraction of sp³-hybridized carbons (Fsp3) is 0.125. The smallest absolute Gasteiger partial charge is 0.267 e.